The Balaban J connectivity index is 1.65. The van der Waals surface area contributed by atoms with E-state index in [0.29, 0.717) is 18.5 Å². The molecule has 0 atom stereocenters. The van der Waals surface area contributed by atoms with Crippen molar-refractivity contribution in [3.8, 4) is 0 Å². The second-order valence-corrected chi connectivity index (χ2v) is 5.43. The number of hydrogen-bond donors (Lipinski definition) is 1. The summed E-state index contributed by atoms with van der Waals surface area (Å²) < 4.78 is 5.25. The Morgan fingerprint density at radius 3 is 2.63 bits per heavy atom. The minimum absolute atomic E-state index is 0.662. The van der Waals surface area contributed by atoms with Gasteiger partial charge in [-0.2, -0.15) is 4.98 Å². The maximum atomic E-state index is 5.25. The van der Waals surface area contributed by atoms with E-state index in [2.05, 4.69) is 47.5 Å². The lowest BCUT2D eigenvalue weighted by Crippen LogP contribution is -2.15. The molecule has 1 aromatic carbocycles. The quantitative estimate of drug-likeness (QED) is 0.894. The van der Waals surface area contributed by atoms with Crippen LogP contribution < -0.4 is 5.32 Å². The fourth-order valence-corrected chi connectivity index (χ4v) is 2.31. The van der Waals surface area contributed by atoms with Crippen LogP contribution in [0.3, 0.4) is 0 Å². The van der Waals surface area contributed by atoms with Crippen LogP contribution >= 0.6 is 0 Å². The molecule has 3 rings (SSSR count). The number of benzene rings is 1. The Morgan fingerprint density at radius 2 is 1.95 bits per heavy atom. The Labute approximate surface area is 113 Å². The first kappa shape index (κ1) is 12.4. The first-order valence-electron chi connectivity index (χ1n) is 6.81. The molecular weight excluding hydrogens is 238 g/mol. The Kier molecular flexibility index (Phi) is 3.34. The number of rotatable bonds is 5. The van der Waals surface area contributed by atoms with Gasteiger partial charge in [0.15, 0.2) is 5.82 Å². The van der Waals surface area contributed by atoms with Crippen molar-refractivity contribution in [3.05, 3.63) is 46.6 Å². The van der Waals surface area contributed by atoms with Crippen molar-refractivity contribution in [1.29, 1.82) is 0 Å². The molecule has 0 unspecified atom stereocenters. The van der Waals surface area contributed by atoms with E-state index in [1.54, 1.807) is 0 Å². The van der Waals surface area contributed by atoms with Crippen molar-refractivity contribution in [1.82, 2.24) is 15.5 Å². The highest BCUT2D eigenvalue weighted by atomic mass is 16.5. The van der Waals surface area contributed by atoms with E-state index in [0.717, 1.165) is 12.2 Å². The Bertz CT molecular complexity index is 552. The van der Waals surface area contributed by atoms with Gasteiger partial charge in [-0.25, -0.2) is 0 Å². The van der Waals surface area contributed by atoms with Crippen LogP contribution in [0.25, 0.3) is 0 Å². The van der Waals surface area contributed by atoms with Crippen molar-refractivity contribution in [2.75, 3.05) is 0 Å². The fourth-order valence-electron chi connectivity index (χ4n) is 2.31. The molecule has 1 aliphatic carbocycles. The topological polar surface area (TPSA) is 51.0 Å². The van der Waals surface area contributed by atoms with E-state index in [1.807, 2.05) is 0 Å². The molecule has 1 saturated carbocycles. The van der Waals surface area contributed by atoms with E-state index in [1.165, 1.54) is 29.5 Å². The molecule has 0 spiro atoms. The third-order valence-corrected chi connectivity index (χ3v) is 3.27. The lowest BCUT2D eigenvalue weighted by molar-refractivity contribution is 0.363. The molecule has 0 amide bonds. The van der Waals surface area contributed by atoms with Crippen LogP contribution in [0.1, 0.15) is 41.2 Å². The summed E-state index contributed by atoms with van der Waals surface area (Å²) in [5.41, 5.74) is 3.78. The van der Waals surface area contributed by atoms with E-state index < -0.39 is 0 Å². The molecule has 19 heavy (non-hydrogen) atoms. The summed E-state index contributed by atoms with van der Waals surface area (Å²) in [7, 11) is 0. The maximum absolute atomic E-state index is 5.25. The standard InChI is InChI=1S/C15H19N3O/c1-10-5-11(2)7-12(6-10)8-14-17-15(19-18-14)9-16-13-3-4-13/h5-7,13,16H,3-4,8-9H2,1-2H3. The van der Waals surface area contributed by atoms with Crippen LogP contribution in [0.15, 0.2) is 22.7 Å². The molecule has 1 N–H and O–H groups in total. The highest BCUT2D eigenvalue weighted by Gasteiger charge is 2.21. The zero-order valence-electron chi connectivity index (χ0n) is 11.4. The first-order valence-corrected chi connectivity index (χ1v) is 6.81. The molecular formula is C15H19N3O. The van der Waals surface area contributed by atoms with Crippen molar-refractivity contribution in [2.24, 2.45) is 0 Å². The summed E-state index contributed by atoms with van der Waals surface area (Å²) in [6, 6.07) is 7.18. The van der Waals surface area contributed by atoms with Crippen LogP contribution in [0, 0.1) is 13.8 Å². The zero-order valence-corrected chi connectivity index (χ0v) is 11.4. The van der Waals surface area contributed by atoms with Gasteiger partial charge in [0.05, 0.1) is 6.54 Å². The van der Waals surface area contributed by atoms with E-state index in [-0.39, 0.29) is 0 Å². The predicted molar refractivity (Wildman–Crippen MR) is 72.9 cm³/mol. The average Bonchev–Trinajstić information content (AvgIpc) is 3.06. The third-order valence-electron chi connectivity index (χ3n) is 3.27. The Hall–Kier alpha value is -1.68. The normalized spacial score (nSPS) is 14.8. The van der Waals surface area contributed by atoms with Crippen LogP contribution in [-0.4, -0.2) is 16.2 Å². The van der Waals surface area contributed by atoms with Crippen molar-refractivity contribution in [3.63, 3.8) is 0 Å². The van der Waals surface area contributed by atoms with Gasteiger partial charge in [-0.3, -0.25) is 0 Å². The summed E-state index contributed by atoms with van der Waals surface area (Å²) in [5.74, 6) is 1.45. The van der Waals surface area contributed by atoms with Gasteiger partial charge >= 0.3 is 0 Å². The summed E-state index contributed by atoms with van der Waals surface area (Å²) >= 11 is 0. The summed E-state index contributed by atoms with van der Waals surface area (Å²) in [6.45, 7) is 4.90. The van der Waals surface area contributed by atoms with E-state index in [9.17, 15) is 0 Å². The van der Waals surface area contributed by atoms with Gasteiger partial charge < -0.3 is 9.84 Å². The van der Waals surface area contributed by atoms with Crippen LogP contribution in [0.2, 0.25) is 0 Å². The SMILES string of the molecule is Cc1cc(C)cc(Cc2noc(CNC3CC3)n2)c1. The number of nitrogens with zero attached hydrogens (tertiary/aromatic N) is 2. The lowest BCUT2D eigenvalue weighted by atomic mass is 10.1. The molecule has 100 valence electrons. The van der Waals surface area contributed by atoms with Gasteiger partial charge in [-0.05, 0) is 32.3 Å². The molecule has 0 bridgehead atoms. The van der Waals surface area contributed by atoms with Gasteiger partial charge in [0.25, 0.3) is 0 Å². The molecule has 0 radical (unpaired) electrons. The molecule has 1 aliphatic rings. The molecule has 1 heterocycles. The fraction of sp³-hybridized carbons (Fsp3) is 0.467. The molecule has 1 aromatic heterocycles. The number of nitrogens with one attached hydrogen (secondary N) is 1. The monoisotopic (exact) mass is 257 g/mol. The van der Waals surface area contributed by atoms with Crippen molar-refractivity contribution >= 4 is 0 Å². The van der Waals surface area contributed by atoms with Crippen LogP contribution in [0.4, 0.5) is 0 Å². The van der Waals surface area contributed by atoms with Gasteiger partial charge in [0.1, 0.15) is 0 Å². The summed E-state index contributed by atoms with van der Waals surface area (Å²) in [4.78, 5) is 4.42. The Morgan fingerprint density at radius 1 is 1.21 bits per heavy atom. The molecule has 4 heteroatoms. The summed E-state index contributed by atoms with van der Waals surface area (Å²) in [6.07, 6.45) is 3.27. The highest BCUT2D eigenvalue weighted by Crippen LogP contribution is 2.19. The van der Waals surface area contributed by atoms with Crippen molar-refractivity contribution in [2.45, 2.75) is 45.7 Å². The minimum atomic E-state index is 0.662. The molecule has 4 nitrogen and oxygen atoms in total. The second kappa shape index (κ2) is 5.13. The lowest BCUT2D eigenvalue weighted by Gasteiger charge is -2.01. The smallest absolute Gasteiger partial charge is 0.240 e. The molecule has 0 aliphatic heterocycles. The van der Waals surface area contributed by atoms with Gasteiger partial charge in [-0.15, -0.1) is 0 Å². The average molecular weight is 257 g/mol. The number of aromatic nitrogens is 2. The largest absolute Gasteiger partial charge is 0.338 e. The highest BCUT2D eigenvalue weighted by molar-refractivity contribution is 5.30. The maximum Gasteiger partial charge on any atom is 0.240 e. The predicted octanol–water partition coefficient (Wildman–Crippen LogP) is 2.53. The van der Waals surface area contributed by atoms with Crippen LogP contribution in [0.5, 0.6) is 0 Å². The first-order chi connectivity index (χ1) is 9.19. The molecule has 2 aromatic rings. The number of hydrogen-bond acceptors (Lipinski definition) is 4. The number of aryl methyl sites for hydroxylation is 2. The van der Waals surface area contributed by atoms with Gasteiger partial charge in [0.2, 0.25) is 5.89 Å². The summed E-state index contributed by atoms with van der Waals surface area (Å²) in [5, 5.41) is 7.42. The van der Waals surface area contributed by atoms with E-state index >= 15 is 0 Å². The zero-order chi connectivity index (χ0) is 13.2. The van der Waals surface area contributed by atoms with Crippen molar-refractivity contribution < 1.29 is 4.52 Å². The van der Waals surface area contributed by atoms with Gasteiger partial charge in [-0.1, -0.05) is 34.5 Å². The molecule has 1 fully saturated rings. The van der Waals surface area contributed by atoms with Gasteiger partial charge in [0, 0.05) is 12.5 Å². The third kappa shape index (κ3) is 3.41. The van der Waals surface area contributed by atoms with Crippen LogP contribution in [-0.2, 0) is 13.0 Å². The molecule has 0 saturated heterocycles. The second-order valence-electron chi connectivity index (χ2n) is 5.43. The van der Waals surface area contributed by atoms with E-state index in [4.69, 9.17) is 4.52 Å². The minimum Gasteiger partial charge on any atom is -0.338 e.